The van der Waals surface area contributed by atoms with Crippen LogP contribution in [0.25, 0.3) is 0 Å². The number of piperazine rings is 1. The van der Waals surface area contributed by atoms with Crippen molar-refractivity contribution in [2.75, 3.05) is 19.6 Å². The smallest absolute Gasteiger partial charge is 0.246 e. The number of hydrogen-bond donors (Lipinski definition) is 1. The highest BCUT2D eigenvalue weighted by atomic mass is 16.2. The maximum atomic E-state index is 13.4. The van der Waals surface area contributed by atoms with E-state index in [1.54, 1.807) is 0 Å². The molecule has 3 rings (SSSR count). The van der Waals surface area contributed by atoms with Crippen LogP contribution in [0.3, 0.4) is 0 Å². The summed E-state index contributed by atoms with van der Waals surface area (Å²) < 4.78 is 2.06. The quantitative estimate of drug-likeness (QED) is 0.687. The Balaban J connectivity index is 1.75. The van der Waals surface area contributed by atoms with E-state index >= 15 is 0 Å². The van der Waals surface area contributed by atoms with E-state index in [2.05, 4.69) is 61.5 Å². The zero-order valence-electron chi connectivity index (χ0n) is 20.3. The molecule has 1 atom stereocenters. The van der Waals surface area contributed by atoms with E-state index in [1.165, 1.54) is 11.3 Å². The summed E-state index contributed by atoms with van der Waals surface area (Å²) in [5.41, 5.74) is 2.92. The molecule has 2 aliphatic rings. The fourth-order valence-corrected chi connectivity index (χ4v) is 5.22. The van der Waals surface area contributed by atoms with Crippen LogP contribution in [0.1, 0.15) is 76.8 Å². The number of piperidine rings is 1. The lowest BCUT2D eigenvalue weighted by atomic mass is 9.80. The van der Waals surface area contributed by atoms with Gasteiger partial charge in [-0.2, -0.15) is 5.10 Å². The first kappa shape index (κ1) is 23.8. The van der Waals surface area contributed by atoms with E-state index in [0.717, 1.165) is 44.7 Å². The molecule has 0 bridgehead atoms. The van der Waals surface area contributed by atoms with Crippen LogP contribution in [0.15, 0.2) is 0 Å². The van der Waals surface area contributed by atoms with E-state index in [-0.39, 0.29) is 17.9 Å². The average Bonchev–Trinajstić information content (AvgIpc) is 3.00. The summed E-state index contributed by atoms with van der Waals surface area (Å²) in [5.74, 6) is 0.541. The predicted octanol–water partition coefficient (Wildman–Crippen LogP) is 3.03. The highest BCUT2D eigenvalue weighted by Gasteiger charge is 2.53. The lowest BCUT2D eigenvalue weighted by molar-refractivity contribution is -0.161. The molecule has 2 aliphatic heterocycles. The largest absolute Gasteiger partial charge is 0.342 e. The van der Waals surface area contributed by atoms with Crippen molar-refractivity contribution in [2.24, 2.45) is 5.92 Å². The molecule has 174 valence electrons. The van der Waals surface area contributed by atoms with Crippen molar-refractivity contribution in [3.63, 3.8) is 0 Å². The Morgan fingerprint density at radius 3 is 2.39 bits per heavy atom. The van der Waals surface area contributed by atoms with E-state index in [9.17, 15) is 9.59 Å². The summed E-state index contributed by atoms with van der Waals surface area (Å²) in [6.45, 7) is 16.7. The van der Waals surface area contributed by atoms with E-state index in [4.69, 9.17) is 0 Å². The second-order valence-corrected chi connectivity index (χ2v) is 9.77. The molecule has 0 radical (unpaired) electrons. The lowest BCUT2D eigenvalue weighted by Gasteiger charge is -2.52. The van der Waals surface area contributed by atoms with Crippen molar-refractivity contribution in [3.05, 3.63) is 17.0 Å². The number of aromatic nitrogens is 2. The SMILES string of the molecule is CCCCN1C(=O)C(CC(C)C)NC(=O)C12CCN(Cc1c(C)nn(CC)c1C)CC2. The van der Waals surface area contributed by atoms with Crippen LogP contribution in [-0.4, -0.2) is 62.6 Å². The van der Waals surface area contributed by atoms with Gasteiger partial charge >= 0.3 is 0 Å². The molecule has 1 unspecified atom stereocenters. The first-order valence-corrected chi connectivity index (χ1v) is 12.1. The summed E-state index contributed by atoms with van der Waals surface area (Å²) >= 11 is 0. The molecule has 1 aromatic rings. The van der Waals surface area contributed by atoms with Gasteiger partial charge in [0.25, 0.3) is 0 Å². The summed E-state index contributed by atoms with van der Waals surface area (Å²) in [7, 11) is 0. The molecule has 0 saturated carbocycles. The van der Waals surface area contributed by atoms with Gasteiger partial charge in [0, 0.05) is 44.0 Å². The van der Waals surface area contributed by atoms with Gasteiger partial charge < -0.3 is 10.2 Å². The molecule has 7 nitrogen and oxygen atoms in total. The molecule has 0 aliphatic carbocycles. The summed E-state index contributed by atoms with van der Waals surface area (Å²) in [4.78, 5) is 31.1. The molecule has 2 amide bonds. The van der Waals surface area contributed by atoms with Crippen LogP contribution in [0.2, 0.25) is 0 Å². The third-order valence-corrected chi connectivity index (χ3v) is 7.15. The summed E-state index contributed by atoms with van der Waals surface area (Å²) in [6, 6.07) is -0.377. The van der Waals surface area contributed by atoms with Gasteiger partial charge in [0.15, 0.2) is 0 Å². The first-order chi connectivity index (χ1) is 14.7. The molecule has 2 fully saturated rings. The van der Waals surface area contributed by atoms with Gasteiger partial charge in [-0.3, -0.25) is 19.2 Å². The number of likely N-dealkylation sites (tertiary alicyclic amines) is 1. The third kappa shape index (κ3) is 4.66. The van der Waals surface area contributed by atoms with Gasteiger partial charge in [-0.25, -0.2) is 0 Å². The second kappa shape index (κ2) is 9.72. The molecule has 1 aromatic heterocycles. The Kier molecular flexibility index (Phi) is 7.45. The molecule has 0 aromatic carbocycles. The number of nitrogens with zero attached hydrogens (tertiary/aromatic N) is 4. The van der Waals surface area contributed by atoms with E-state index in [1.807, 2.05) is 4.90 Å². The van der Waals surface area contributed by atoms with Crippen LogP contribution >= 0.6 is 0 Å². The van der Waals surface area contributed by atoms with Gasteiger partial charge in [-0.05, 0) is 52.4 Å². The van der Waals surface area contributed by atoms with Crippen molar-refractivity contribution in [1.29, 1.82) is 0 Å². The van der Waals surface area contributed by atoms with Crippen LogP contribution in [0.4, 0.5) is 0 Å². The number of amides is 2. The Bertz CT molecular complexity index is 792. The molecular formula is C24H41N5O2. The minimum atomic E-state index is -0.687. The minimum absolute atomic E-state index is 0.0552. The fourth-order valence-electron chi connectivity index (χ4n) is 5.22. The Morgan fingerprint density at radius 2 is 1.84 bits per heavy atom. The first-order valence-electron chi connectivity index (χ1n) is 12.1. The number of hydrogen-bond acceptors (Lipinski definition) is 4. The number of rotatable bonds is 8. The lowest BCUT2D eigenvalue weighted by Crippen LogP contribution is -2.73. The highest BCUT2D eigenvalue weighted by molar-refractivity contribution is 6.00. The highest BCUT2D eigenvalue weighted by Crippen LogP contribution is 2.35. The van der Waals surface area contributed by atoms with Crippen LogP contribution < -0.4 is 5.32 Å². The van der Waals surface area contributed by atoms with Gasteiger partial charge in [-0.1, -0.05) is 27.2 Å². The van der Waals surface area contributed by atoms with Crippen molar-refractivity contribution in [3.8, 4) is 0 Å². The van der Waals surface area contributed by atoms with Crippen molar-refractivity contribution >= 4 is 11.8 Å². The van der Waals surface area contributed by atoms with E-state index in [0.29, 0.717) is 31.7 Å². The van der Waals surface area contributed by atoms with Crippen LogP contribution in [0, 0.1) is 19.8 Å². The van der Waals surface area contributed by atoms with Crippen molar-refractivity contribution in [2.45, 2.75) is 98.3 Å². The third-order valence-electron chi connectivity index (χ3n) is 7.15. The summed E-state index contributed by atoms with van der Waals surface area (Å²) in [6.07, 6.45) is 4.05. The van der Waals surface area contributed by atoms with Crippen LogP contribution in [-0.2, 0) is 22.7 Å². The summed E-state index contributed by atoms with van der Waals surface area (Å²) in [5, 5.41) is 7.75. The normalized spacial score (nSPS) is 21.9. The maximum absolute atomic E-state index is 13.4. The molecule has 3 heterocycles. The molecule has 1 N–H and O–H groups in total. The predicted molar refractivity (Wildman–Crippen MR) is 123 cm³/mol. The number of aryl methyl sites for hydroxylation is 2. The molecule has 7 heteroatoms. The standard InChI is InChI=1S/C24H41N5O2/c1-7-9-12-28-22(30)21(15-17(3)4)25-23(31)24(28)10-13-27(14-11-24)16-20-18(5)26-29(8-2)19(20)6/h17,21H,7-16H2,1-6H3,(H,25,31). The topological polar surface area (TPSA) is 70.5 Å². The number of carbonyl (C=O) groups excluding carboxylic acids is 2. The van der Waals surface area contributed by atoms with Gasteiger partial charge in [0.1, 0.15) is 11.6 Å². The van der Waals surface area contributed by atoms with Crippen LogP contribution in [0.5, 0.6) is 0 Å². The minimum Gasteiger partial charge on any atom is -0.342 e. The van der Waals surface area contributed by atoms with Gasteiger partial charge in [0.05, 0.1) is 5.69 Å². The molecule has 2 saturated heterocycles. The molecule has 1 spiro atoms. The number of unbranched alkanes of at least 4 members (excludes halogenated alkanes) is 1. The zero-order chi connectivity index (χ0) is 22.8. The van der Waals surface area contributed by atoms with Gasteiger partial charge in [0.2, 0.25) is 11.8 Å². The fraction of sp³-hybridized carbons (Fsp3) is 0.792. The molecule has 31 heavy (non-hydrogen) atoms. The van der Waals surface area contributed by atoms with Gasteiger partial charge in [-0.15, -0.1) is 0 Å². The monoisotopic (exact) mass is 431 g/mol. The molecular weight excluding hydrogens is 390 g/mol. The average molecular weight is 432 g/mol. The number of nitrogens with one attached hydrogen (secondary N) is 1. The van der Waals surface area contributed by atoms with E-state index < -0.39 is 5.54 Å². The van der Waals surface area contributed by atoms with Crippen molar-refractivity contribution in [1.82, 2.24) is 24.9 Å². The van der Waals surface area contributed by atoms with Crippen molar-refractivity contribution < 1.29 is 9.59 Å². The zero-order valence-corrected chi connectivity index (χ0v) is 20.3. The Hall–Kier alpha value is -1.89. The number of carbonyl (C=O) groups is 2. The second-order valence-electron chi connectivity index (χ2n) is 9.77. The maximum Gasteiger partial charge on any atom is 0.246 e. The Morgan fingerprint density at radius 1 is 1.16 bits per heavy atom. The Labute approximate surface area is 187 Å².